The zero-order valence-corrected chi connectivity index (χ0v) is 24.8. The second kappa shape index (κ2) is 14.4. The number of methoxy groups -OCH3 is 1. The fourth-order valence-corrected chi connectivity index (χ4v) is 6.30. The average molecular weight is 569 g/mol. The van der Waals surface area contributed by atoms with Crippen molar-refractivity contribution in [2.24, 2.45) is 5.73 Å². The normalized spacial score (nSPS) is 19.0. The molecule has 0 aromatic heterocycles. The van der Waals surface area contributed by atoms with Crippen LogP contribution in [0, 0.1) is 0 Å². The van der Waals surface area contributed by atoms with Crippen LogP contribution >= 0.6 is 0 Å². The van der Waals surface area contributed by atoms with Gasteiger partial charge in [-0.2, -0.15) is 0 Å². The Bertz CT molecular complexity index is 1330. The second-order valence-electron chi connectivity index (χ2n) is 11.7. The van der Waals surface area contributed by atoms with E-state index in [0.29, 0.717) is 13.0 Å². The zero-order chi connectivity index (χ0) is 29.3. The predicted octanol–water partition coefficient (Wildman–Crippen LogP) is 6.75. The molecule has 2 fully saturated rings. The van der Waals surface area contributed by atoms with E-state index in [1.807, 2.05) is 41.3 Å². The van der Waals surface area contributed by atoms with Crippen molar-refractivity contribution in [2.45, 2.75) is 76.4 Å². The molecule has 0 spiro atoms. The van der Waals surface area contributed by atoms with Gasteiger partial charge in [-0.15, -0.1) is 0 Å². The highest BCUT2D eigenvalue weighted by Crippen LogP contribution is 2.34. The summed E-state index contributed by atoms with van der Waals surface area (Å²) in [6, 6.07) is 24.9. The van der Waals surface area contributed by atoms with Gasteiger partial charge in [0.15, 0.2) is 0 Å². The van der Waals surface area contributed by atoms with Crippen LogP contribution in [0.5, 0.6) is 0 Å². The smallest absolute Gasteiger partial charge is 0.410 e. The Hall–Kier alpha value is -3.84. The molecule has 3 N–H and O–H groups in total. The zero-order valence-electron chi connectivity index (χ0n) is 24.8. The maximum atomic E-state index is 13.2. The van der Waals surface area contributed by atoms with E-state index in [-0.39, 0.29) is 24.1 Å². The number of carbonyl (C=O) groups excluding carboxylic acids is 2. The second-order valence-corrected chi connectivity index (χ2v) is 11.7. The van der Waals surface area contributed by atoms with Crippen LogP contribution in [0.2, 0.25) is 0 Å². The van der Waals surface area contributed by atoms with Crippen LogP contribution in [-0.4, -0.2) is 49.2 Å². The third-order valence-corrected chi connectivity index (χ3v) is 8.63. The Balaban J connectivity index is 1.40. The standard InChI is InChI=1S/C35H44N4O3/c1-42-35(41)39(31-17-15-30(36)16-18-31)25-27-12-9-13-28(22-27)29-14-19-33(38-20-7-2-3-8-21-38)32(24-29)37-34(40)23-26-10-5-4-6-11-26/h4-6,9-14,19,22,24,30-31H,2-3,7-8,15-18,20-21,23,25,36H2,1H3,(H,37,40). The number of nitrogens with zero attached hydrogens (tertiary/aromatic N) is 2. The summed E-state index contributed by atoms with van der Waals surface area (Å²) in [5.74, 6) is -0.0240. The van der Waals surface area contributed by atoms with E-state index >= 15 is 0 Å². The molecule has 0 bridgehead atoms. The highest BCUT2D eigenvalue weighted by molar-refractivity contribution is 5.96. The lowest BCUT2D eigenvalue weighted by molar-refractivity contribution is -0.115. The van der Waals surface area contributed by atoms with Crippen molar-refractivity contribution in [1.29, 1.82) is 0 Å². The molecule has 1 aliphatic carbocycles. The number of nitrogens with one attached hydrogen (secondary N) is 1. The van der Waals surface area contributed by atoms with Gasteiger partial charge in [0.2, 0.25) is 5.91 Å². The fraction of sp³-hybridized carbons (Fsp3) is 0.429. The van der Waals surface area contributed by atoms with Gasteiger partial charge in [0.25, 0.3) is 0 Å². The molecule has 1 aliphatic heterocycles. The lowest BCUT2D eigenvalue weighted by Crippen LogP contribution is -2.43. The Labute approximate surface area is 250 Å². The molecule has 5 rings (SSSR count). The Morgan fingerprint density at radius 3 is 2.26 bits per heavy atom. The number of benzene rings is 3. The van der Waals surface area contributed by atoms with Crippen molar-refractivity contribution in [3.63, 3.8) is 0 Å². The molecule has 7 heteroatoms. The van der Waals surface area contributed by atoms with Gasteiger partial charge < -0.3 is 25.6 Å². The van der Waals surface area contributed by atoms with Gasteiger partial charge >= 0.3 is 6.09 Å². The fourth-order valence-electron chi connectivity index (χ4n) is 6.30. The van der Waals surface area contributed by atoms with Crippen LogP contribution in [-0.2, 0) is 22.5 Å². The monoisotopic (exact) mass is 568 g/mol. The third-order valence-electron chi connectivity index (χ3n) is 8.63. The maximum absolute atomic E-state index is 13.2. The lowest BCUT2D eigenvalue weighted by Gasteiger charge is -2.35. The maximum Gasteiger partial charge on any atom is 0.410 e. The Kier molecular flexibility index (Phi) is 10.1. The summed E-state index contributed by atoms with van der Waals surface area (Å²) < 4.78 is 5.17. The molecule has 3 aromatic rings. The summed E-state index contributed by atoms with van der Waals surface area (Å²) in [5, 5.41) is 3.24. The molecule has 2 amide bonds. The molecule has 1 saturated heterocycles. The lowest BCUT2D eigenvalue weighted by atomic mass is 9.90. The highest BCUT2D eigenvalue weighted by atomic mass is 16.5. The van der Waals surface area contributed by atoms with Gasteiger partial charge in [0.05, 0.1) is 24.9 Å². The Morgan fingerprint density at radius 2 is 1.55 bits per heavy atom. The first kappa shape index (κ1) is 29.6. The topological polar surface area (TPSA) is 87.9 Å². The first-order valence-electron chi connectivity index (χ1n) is 15.4. The molecule has 0 radical (unpaired) electrons. The molecule has 7 nitrogen and oxygen atoms in total. The number of anilines is 2. The minimum Gasteiger partial charge on any atom is -0.453 e. The first-order valence-corrected chi connectivity index (χ1v) is 15.4. The van der Waals surface area contributed by atoms with E-state index in [1.165, 1.54) is 20.0 Å². The van der Waals surface area contributed by atoms with Crippen molar-refractivity contribution < 1.29 is 14.3 Å². The summed E-state index contributed by atoms with van der Waals surface area (Å²) in [5.41, 5.74) is 12.1. The molecular formula is C35H44N4O3. The van der Waals surface area contributed by atoms with Crippen LogP contribution in [0.4, 0.5) is 16.2 Å². The van der Waals surface area contributed by atoms with Crippen LogP contribution in [0.15, 0.2) is 72.8 Å². The molecule has 2 aliphatic rings. The van der Waals surface area contributed by atoms with Gasteiger partial charge in [-0.1, -0.05) is 67.4 Å². The number of hydrogen-bond acceptors (Lipinski definition) is 5. The van der Waals surface area contributed by atoms with Crippen LogP contribution in [0.3, 0.4) is 0 Å². The molecule has 0 atom stereocenters. The SMILES string of the molecule is COC(=O)N(Cc1cccc(-c2ccc(N3CCCCCC3)c(NC(=O)Cc3ccccc3)c2)c1)C1CCC(N)CC1. The largest absolute Gasteiger partial charge is 0.453 e. The first-order chi connectivity index (χ1) is 20.5. The number of amides is 2. The van der Waals surface area contributed by atoms with Crippen molar-refractivity contribution in [3.05, 3.63) is 83.9 Å². The number of nitrogens with two attached hydrogens (primary N) is 1. The molecule has 1 saturated carbocycles. The van der Waals surface area contributed by atoms with Gasteiger partial charge in [-0.25, -0.2) is 4.79 Å². The van der Waals surface area contributed by atoms with E-state index in [4.69, 9.17) is 10.5 Å². The number of hydrogen-bond donors (Lipinski definition) is 2. The molecule has 0 unspecified atom stereocenters. The van der Waals surface area contributed by atoms with E-state index < -0.39 is 0 Å². The summed E-state index contributed by atoms with van der Waals surface area (Å²) >= 11 is 0. The average Bonchev–Trinajstić information content (AvgIpc) is 3.30. The molecule has 3 aromatic carbocycles. The van der Waals surface area contributed by atoms with E-state index in [1.54, 1.807) is 0 Å². The van der Waals surface area contributed by atoms with Crippen LogP contribution in [0.25, 0.3) is 11.1 Å². The van der Waals surface area contributed by atoms with Crippen molar-refractivity contribution >= 4 is 23.4 Å². The van der Waals surface area contributed by atoms with Gasteiger partial charge in [0, 0.05) is 31.7 Å². The van der Waals surface area contributed by atoms with Crippen molar-refractivity contribution in [1.82, 2.24) is 4.90 Å². The molecule has 222 valence electrons. The number of ether oxygens (including phenoxy) is 1. The van der Waals surface area contributed by atoms with Gasteiger partial charge in [-0.3, -0.25) is 4.79 Å². The van der Waals surface area contributed by atoms with E-state index in [0.717, 1.165) is 85.2 Å². The van der Waals surface area contributed by atoms with Crippen LogP contribution < -0.4 is 16.0 Å². The quantitative estimate of drug-likeness (QED) is 0.314. The summed E-state index contributed by atoms with van der Waals surface area (Å²) in [6.07, 6.45) is 8.44. The molecule has 1 heterocycles. The Morgan fingerprint density at radius 1 is 0.857 bits per heavy atom. The van der Waals surface area contributed by atoms with Gasteiger partial charge in [0.1, 0.15) is 0 Å². The molecular weight excluding hydrogens is 524 g/mol. The minimum absolute atomic E-state index is 0.0240. The number of carbonyl (C=O) groups is 2. The van der Waals surface area contributed by atoms with Crippen molar-refractivity contribution in [2.75, 3.05) is 30.4 Å². The predicted molar refractivity (Wildman–Crippen MR) is 170 cm³/mol. The third kappa shape index (κ3) is 7.71. The van der Waals surface area contributed by atoms with Crippen molar-refractivity contribution in [3.8, 4) is 11.1 Å². The van der Waals surface area contributed by atoms with Crippen LogP contribution in [0.1, 0.15) is 62.5 Å². The van der Waals surface area contributed by atoms with E-state index in [9.17, 15) is 9.59 Å². The summed E-state index contributed by atoms with van der Waals surface area (Å²) in [6.45, 7) is 2.46. The highest BCUT2D eigenvalue weighted by Gasteiger charge is 2.28. The summed E-state index contributed by atoms with van der Waals surface area (Å²) in [4.78, 5) is 30.2. The minimum atomic E-state index is -0.300. The summed E-state index contributed by atoms with van der Waals surface area (Å²) in [7, 11) is 1.44. The number of rotatable bonds is 8. The molecule has 42 heavy (non-hydrogen) atoms. The van der Waals surface area contributed by atoms with E-state index in [2.05, 4.69) is 46.6 Å². The van der Waals surface area contributed by atoms with Gasteiger partial charge in [-0.05, 0) is 79.0 Å².